The Morgan fingerprint density at radius 3 is 2.69 bits per heavy atom. The maximum absolute atomic E-state index is 12.4. The molecular formula is C21H17N3O2S3. The minimum absolute atomic E-state index is 0.0659. The molecule has 4 aromatic rings. The Morgan fingerprint density at radius 1 is 1.07 bits per heavy atom. The number of hydrogen-bond acceptors (Lipinski definition) is 7. The van der Waals surface area contributed by atoms with Gasteiger partial charge in [0.05, 0.1) is 28.1 Å². The molecular weight excluding hydrogens is 422 g/mol. The minimum Gasteiger partial charge on any atom is -0.302 e. The predicted octanol–water partition coefficient (Wildman–Crippen LogP) is 5.22. The molecule has 0 spiro atoms. The number of rotatable bonds is 7. The number of aromatic nitrogens is 2. The number of benzene rings is 2. The predicted molar refractivity (Wildman–Crippen MR) is 120 cm³/mol. The molecule has 5 nitrogen and oxygen atoms in total. The van der Waals surface area contributed by atoms with Crippen LogP contribution in [0.2, 0.25) is 0 Å². The topological polar surface area (TPSA) is 72.0 Å². The normalized spacial score (nSPS) is 10.9. The largest absolute Gasteiger partial charge is 0.302 e. The van der Waals surface area contributed by atoms with Gasteiger partial charge in [-0.05, 0) is 18.6 Å². The van der Waals surface area contributed by atoms with Crippen LogP contribution in [0.15, 0.2) is 58.3 Å². The summed E-state index contributed by atoms with van der Waals surface area (Å²) >= 11 is 4.31. The first-order chi connectivity index (χ1) is 14.1. The van der Waals surface area contributed by atoms with Crippen molar-refractivity contribution in [2.45, 2.75) is 17.7 Å². The van der Waals surface area contributed by atoms with Crippen LogP contribution in [-0.2, 0) is 11.2 Å². The van der Waals surface area contributed by atoms with Gasteiger partial charge in [0, 0.05) is 10.9 Å². The molecule has 4 rings (SSSR count). The molecule has 29 heavy (non-hydrogen) atoms. The highest BCUT2D eigenvalue weighted by Gasteiger charge is 2.13. The molecule has 2 aromatic heterocycles. The molecule has 1 N–H and O–H groups in total. The lowest BCUT2D eigenvalue weighted by molar-refractivity contribution is -0.115. The number of thioether (sulfide) groups is 1. The maximum Gasteiger partial charge on any atom is 0.232 e. The Bertz CT molecular complexity index is 1170. The summed E-state index contributed by atoms with van der Waals surface area (Å²) in [6, 6.07) is 15.2. The van der Waals surface area contributed by atoms with E-state index in [1.165, 1.54) is 34.4 Å². The van der Waals surface area contributed by atoms with Gasteiger partial charge in [0.15, 0.2) is 15.3 Å². The highest BCUT2D eigenvalue weighted by molar-refractivity contribution is 8.01. The molecule has 0 bridgehead atoms. The Hall–Kier alpha value is -2.55. The Morgan fingerprint density at radius 2 is 1.90 bits per heavy atom. The van der Waals surface area contributed by atoms with Crippen molar-refractivity contribution < 1.29 is 9.59 Å². The third-order valence-corrected chi connectivity index (χ3v) is 7.17. The van der Waals surface area contributed by atoms with Crippen LogP contribution >= 0.6 is 34.4 Å². The summed E-state index contributed by atoms with van der Waals surface area (Å²) < 4.78 is 1.84. The molecule has 2 heterocycles. The number of aryl methyl sites for hydroxylation is 1. The van der Waals surface area contributed by atoms with Gasteiger partial charge in [0.25, 0.3) is 0 Å². The number of carbonyl (C=O) groups is 2. The third-order valence-electron chi connectivity index (χ3n) is 4.16. The second kappa shape index (κ2) is 8.86. The Balaban J connectivity index is 1.33. The van der Waals surface area contributed by atoms with E-state index in [1.807, 2.05) is 60.8 Å². The molecule has 0 aliphatic rings. The first-order valence-electron chi connectivity index (χ1n) is 8.90. The summed E-state index contributed by atoms with van der Waals surface area (Å²) in [6.45, 7) is 2.00. The lowest BCUT2D eigenvalue weighted by Crippen LogP contribution is -2.14. The number of amides is 1. The molecule has 0 radical (unpaired) electrons. The van der Waals surface area contributed by atoms with Crippen molar-refractivity contribution in [3.05, 3.63) is 70.7 Å². The van der Waals surface area contributed by atoms with E-state index in [0.717, 1.165) is 20.1 Å². The summed E-state index contributed by atoms with van der Waals surface area (Å²) in [5, 5.41) is 5.31. The smallest absolute Gasteiger partial charge is 0.232 e. The molecule has 0 saturated heterocycles. The molecule has 2 aromatic carbocycles. The second-order valence-corrected chi connectivity index (χ2v) is 9.46. The highest BCUT2D eigenvalue weighted by atomic mass is 32.2. The average molecular weight is 440 g/mol. The summed E-state index contributed by atoms with van der Waals surface area (Å²) in [6.07, 6.45) is 0.179. The number of thiazole rings is 2. The van der Waals surface area contributed by atoms with Gasteiger partial charge in [-0.3, -0.25) is 9.59 Å². The van der Waals surface area contributed by atoms with Crippen molar-refractivity contribution in [1.82, 2.24) is 9.97 Å². The number of Topliss-reactive ketones (excluding diaryl/α,β-unsaturated/α-hetero) is 1. The van der Waals surface area contributed by atoms with Crippen LogP contribution in [-0.4, -0.2) is 27.4 Å². The number of fused-ring (bicyclic) bond motifs is 1. The molecule has 0 aliphatic carbocycles. The summed E-state index contributed by atoms with van der Waals surface area (Å²) in [4.78, 5) is 33.5. The van der Waals surface area contributed by atoms with Gasteiger partial charge in [0.2, 0.25) is 5.91 Å². The van der Waals surface area contributed by atoms with Crippen molar-refractivity contribution in [3.8, 4) is 0 Å². The van der Waals surface area contributed by atoms with Crippen molar-refractivity contribution in [2.75, 3.05) is 11.1 Å². The van der Waals surface area contributed by atoms with Crippen LogP contribution in [0.4, 0.5) is 5.13 Å². The van der Waals surface area contributed by atoms with Crippen LogP contribution in [0.3, 0.4) is 0 Å². The van der Waals surface area contributed by atoms with Gasteiger partial charge >= 0.3 is 0 Å². The van der Waals surface area contributed by atoms with E-state index in [2.05, 4.69) is 15.3 Å². The molecule has 146 valence electrons. The number of anilines is 1. The molecule has 0 saturated carbocycles. The van der Waals surface area contributed by atoms with Crippen molar-refractivity contribution in [3.63, 3.8) is 0 Å². The standard InChI is InChI=1S/C21H17N3O2S3/c1-13-6-5-9-17-19(13)24-20(29-17)23-18(26)10-15-11-27-21(22-15)28-12-16(25)14-7-3-2-4-8-14/h2-9,11H,10,12H2,1H3,(H,23,24,26). The van der Waals surface area contributed by atoms with Gasteiger partial charge in [-0.15, -0.1) is 11.3 Å². The number of para-hydroxylation sites is 1. The SMILES string of the molecule is Cc1cccc2sc(NC(=O)Cc3csc(SCC(=O)c4ccccc4)n3)nc12. The fourth-order valence-electron chi connectivity index (χ4n) is 2.74. The van der Waals surface area contributed by atoms with E-state index in [0.29, 0.717) is 22.1 Å². The van der Waals surface area contributed by atoms with Gasteiger partial charge in [0.1, 0.15) is 0 Å². The number of ketones is 1. The van der Waals surface area contributed by atoms with Gasteiger partial charge < -0.3 is 5.32 Å². The molecule has 0 fully saturated rings. The van der Waals surface area contributed by atoms with E-state index in [4.69, 9.17) is 0 Å². The summed E-state index contributed by atoms with van der Waals surface area (Å²) in [7, 11) is 0. The zero-order valence-corrected chi connectivity index (χ0v) is 18.0. The zero-order chi connectivity index (χ0) is 20.2. The lowest BCUT2D eigenvalue weighted by Gasteiger charge is -1.99. The van der Waals surface area contributed by atoms with Crippen LogP contribution in [0, 0.1) is 6.92 Å². The van der Waals surface area contributed by atoms with E-state index in [1.54, 1.807) is 0 Å². The maximum atomic E-state index is 12.4. The molecule has 8 heteroatoms. The summed E-state index contributed by atoms with van der Waals surface area (Å²) in [5.74, 6) is 0.244. The molecule has 0 aliphatic heterocycles. The van der Waals surface area contributed by atoms with Crippen LogP contribution < -0.4 is 5.32 Å². The number of nitrogens with one attached hydrogen (secondary N) is 1. The van der Waals surface area contributed by atoms with Crippen molar-refractivity contribution >= 4 is 61.5 Å². The fraction of sp³-hybridized carbons (Fsp3) is 0.143. The Labute approximate surface area is 180 Å². The quantitative estimate of drug-likeness (QED) is 0.316. The van der Waals surface area contributed by atoms with E-state index in [-0.39, 0.29) is 18.1 Å². The second-order valence-electron chi connectivity index (χ2n) is 6.35. The van der Waals surface area contributed by atoms with Crippen LogP contribution in [0.25, 0.3) is 10.2 Å². The average Bonchev–Trinajstić information content (AvgIpc) is 3.34. The van der Waals surface area contributed by atoms with Crippen LogP contribution in [0.5, 0.6) is 0 Å². The van der Waals surface area contributed by atoms with E-state index < -0.39 is 0 Å². The van der Waals surface area contributed by atoms with Gasteiger partial charge in [-0.2, -0.15) is 0 Å². The molecule has 0 atom stereocenters. The lowest BCUT2D eigenvalue weighted by atomic mass is 10.2. The Kier molecular flexibility index (Phi) is 6.03. The fourth-order valence-corrected chi connectivity index (χ4v) is 5.44. The third kappa shape index (κ3) is 4.90. The monoisotopic (exact) mass is 439 g/mol. The highest BCUT2D eigenvalue weighted by Crippen LogP contribution is 2.28. The zero-order valence-electron chi connectivity index (χ0n) is 15.5. The van der Waals surface area contributed by atoms with Crippen molar-refractivity contribution in [1.29, 1.82) is 0 Å². The number of nitrogens with zero attached hydrogens (tertiary/aromatic N) is 2. The molecule has 0 unspecified atom stereocenters. The van der Waals surface area contributed by atoms with Crippen LogP contribution in [0.1, 0.15) is 21.6 Å². The van der Waals surface area contributed by atoms with E-state index in [9.17, 15) is 9.59 Å². The first-order valence-corrected chi connectivity index (χ1v) is 11.6. The van der Waals surface area contributed by atoms with Gasteiger partial charge in [-0.25, -0.2) is 9.97 Å². The molecule has 1 amide bonds. The minimum atomic E-state index is -0.149. The number of carbonyl (C=O) groups excluding carboxylic acids is 2. The number of hydrogen-bond donors (Lipinski definition) is 1. The summed E-state index contributed by atoms with van der Waals surface area (Å²) in [5.41, 5.74) is 3.40. The van der Waals surface area contributed by atoms with E-state index >= 15 is 0 Å². The van der Waals surface area contributed by atoms with Gasteiger partial charge in [-0.1, -0.05) is 65.6 Å². The van der Waals surface area contributed by atoms with Crippen molar-refractivity contribution in [2.24, 2.45) is 0 Å². The first kappa shape index (κ1) is 19.8.